The Bertz CT molecular complexity index is 904. The van der Waals surface area contributed by atoms with Crippen molar-refractivity contribution >= 4 is 39.2 Å². The fraction of sp³-hybridized carbons (Fsp3) is 0.650. The standard InChI is InChI=1S/C20H27N3O2S2/c1-12-5-6-14-15(8-12)27-20-18(14)19(25)21-16(22-20)10-26-11-17(24)23-7-3-4-13(2)9-23/h12-13H,3-11H2,1-2H3,(H,21,22,25)/t12-,13-/m0/s1. The number of thioether (sulfide) groups is 1. The third kappa shape index (κ3) is 4.09. The Hall–Kier alpha value is -1.34. The Morgan fingerprint density at radius 3 is 3.00 bits per heavy atom. The molecule has 5 nitrogen and oxygen atoms in total. The second-order valence-corrected chi connectivity index (χ2v) is 10.2. The molecule has 2 aromatic heterocycles. The van der Waals surface area contributed by atoms with E-state index in [-0.39, 0.29) is 11.5 Å². The summed E-state index contributed by atoms with van der Waals surface area (Å²) in [6.07, 6.45) is 5.50. The zero-order valence-electron chi connectivity index (χ0n) is 16.0. The van der Waals surface area contributed by atoms with Crippen LogP contribution < -0.4 is 5.56 Å². The lowest BCUT2D eigenvalue weighted by Crippen LogP contribution is -2.40. The lowest BCUT2D eigenvalue weighted by atomic mass is 9.89. The van der Waals surface area contributed by atoms with Crippen LogP contribution in [-0.4, -0.2) is 39.6 Å². The summed E-state index contributed by atoms with van der Waals surface area (Å²) in [4.78, 5) is 36.9. The number of aromatic amines is 1. The van der Waals surface area contributed by atoms with E-state index < -0.39 is 0 Å². The predicted octanol–water partition coefficient (Wildman–Crippen LogP) is 3.60. The van der Waals surface area contributed by atoms with Crippen molar-refractivity contribution in [1.29, 1.82) is 0 Å². The lowest BCUT2D eigenvalue weighted by molar-refractivity contribution is -0.130. The second kappa shape index (κ2) is 7.95. The van der Waals surface area contributed by atoms with Crippen LogP contribution in [0.5, 0.6) is 0 Å². The first-order valence-electron chi connectivity index (χ1n) is 9.90. The minimum atomic E-state index is -0.0150. The number of nitrogens with zero attached hydrogens (tertiary/aromatic N) is 2. The molecule has 0 bridgehead atoms. The highest BCUT2D eigenvalue weighted by Crippen LogP contribution is 2.35. The molecule has 0 spiro atoms. The lowest BCUT2D eigenvalue weighted by Gasteiger charge is -2.30. The summed E-state index contributed by atoms with van der Waals surface area (Å²) >= 11 is 3.22. The van der Waals surface area contributed by atoms with Crippen molar-refractivity contribution in [1.82, 2.24) is 14.9 Å². The molecule has 0 radical (unpaired) electrons. The number of thiophene rings is 1. The summed E-state index contributed by atoms with van der Waals surface area (Å²) in [5, 5.41) is 0.800. The molecule has 1 aliphatic heterocycles. The van der Waals surface area contributed by atoms with E-state index in [1.807, 2.05) is 4.90 Å². The van der Waals surface area contributed by atoms with Crippen molar-refractivity contribution in [2.45, 2.75) is 51.7 Å². The Morgan fingerprint density at radius 2 is 2.19 bits per heavy atom. The summed E-state index contributed by atoms with van der Waals surface area (Å²) < 4.78 is 0. The summed E-state index contributed by atoms with van der Waals surface area (Å²) in [6.45, 7) is 6.23. The number of aromatic nitrogens is 2. The van der Waals surface area contributed by atoms with Crippen molar-refractivity contribution < 1.29 is 4.79 Å². The van der Waals surface area contributed by atoms with E-state index in [0.29, 0.717) is 29.2 Å². The maximum atomic E-state index is 12.6. The number of amides is 1. The topological polar surface area (TPSA) is 66.1 Å². The zero-order valence-corrected chi connectivity index (χ0v) is 17.7. The molecular formula is C20H27N3O2S2. The molecular weight excluding hydrogens is 378 g/mol. The van der Waals surface area contributed by atoms with Crippen LogP contribution in [0.15, 0.2) is 4.79 Å². The Kier molecular flexibility index (Phi) is 5.60. The minimum Gasteiger partial charge on any atom is -0.342 e. The first kappa shape index (κ1) is 19.0. The van der Waals surface area contributed by atoms with Crippen LogP contribution in [0.2, 0.25) is 0 Å². The van der Waals surface area contributed by atoms with Crippen LogP contribution in [0.25, 0.3) is 10.2 Å². The van der Waals surface area contributed by atoms with Gasteiger partial charge in [-0.25, -0.2) is 4.98 Å². The molecule has 146 valence electrons. The number of nitrogens with one attached hydrogen (secondary N) is 1. The number of fused-ring (bicyclic) bond motifs is 3. The molecule has 1 N–H and O–H groups in total. The largest absolute Gasteiger partial charge is 0.342 e. The average Bonchev–Trinajstić information content (AvgIpc) is 2.99. The van der Waals surface area contributed by atoms with E-state index in [0.717, 1.165) is 49.0 Å². The molecule has 0 aromatic carbocycles. The van der Waals surface area contributed by atoms with E-state index >= 15 is 0 Å². The van der Waals surface area contributed by atoms with Crippen molar-refractivity contribution in [2.75, 3.05) is 18.8 Å². The Balaban J connectivity index is 1.42. The van der Waals surface area contributed by atoms with Gasteiger partial charge in [-0.2, -0.15) is 0 Å². The number of H-pyrrole nitrogens is 1. The first-order chi connectivity index (χ1) is 13.0. The third-order valence-electron chi connectivity index (χ3n) is 5.69. The maximum absolute atomic E-state index is 12.6. The van der Waals surface area contributed by atoms with Crippen LogP contribution in [0, 0.1) is 11.8 Å². The molecule has 1 fully saturated rings. The van der Waals surface area contributed by atoms with Gasteiger partial charge in [-0.15, -0.1) is 23.1 Å². The maximum Gasteiger partial charge on any atom is 0.259 e. The summed E-state index contributed by atoms with van der Waals surface area (Å²) in [7, 11) is 0. The van der Waals surface area contributed by atoms with E-state index in [1.165, 1.54) is 16.9 Å². The minimum absolute atomic E-state index is 0.0150. The van der Waals surface area contributed by atoms with E-state index in [4.69, 9.17) is 4.98 Å². The molecule has 0 saturated carbocycles. The average molecular weight is 406 g/mol. The molecule has 1 aliphatic carbocycles. The summed E-state index contributed by atoms with van der Waals surface area (Å²) in [5.74, 6) is 3.19. The number of likely N-dealkylation sites (tertiary alicyclic amines) is 1. The van der Waals surface area contributed by atoms with Crippen LogP contribution in [-0.2, 0) is 23.4 Å². The third-order valence-corrected chi connectivity index (χ3v) is 7.77. The van der Waals surface area contributed by atoms with Gasteiger partial charge >= 0.3 is 0 Å². The molecule has 0 unspecified atom stereocenters. The van der Waals surface area contributed by atoms with Gasteiger partial charge in [0.25, 0.3) is 5.56 Å². The van der Waals surface area contributed by atoms with E-state index in [1.54, 1.807) is 23.1 Å². The molecule has 7 heteroatoms. The van der Waals surface area contributed by atoms with Gasteiger partial charge < -0.3 is 9.88 Å². The highest BCUT2D eigenvalue weighted by atomic mass is 32.2. The highest BCUT2D eigenvalue weighted by molar-refractivity contribution is 7.99. The fourth-order valence-electron chi connectivity index (χ4n) is 4.20. The van der Waals surface area contributed by atoms with Crippen LogP contribution in [0.1, 0.15) is 49.4 Å². The Morgan fingerprint density at radius 1 is 1.33 bits per heavy atom. The normalized spacial score (nSPS) is 22.8. The van der Waals surface area contributed by atoms with Gasteiger partial charge in [0.2, 0.25) is 5.91 Å². The van der Waals surface area contributed by atoms with Gasteiger partial charge in [0, 0.05) is 18.0 Å². The molecule has 2 aliphatic rings. The molecule has 2 atom stereocenters. The smallest absolute Gasteiger partial charge is 0.259 e. The zero-order chi connectivity index (χ0) is 19.0. The van der Waals surface area contributed by atoms with Gasteiger partial charge in [0.1, 0.15) is 10.7 Å². The molecule has 4 rings (SSSR count). The molecule has 1 amide bonds. The van der Waals surface area contributed by atoms with Gasteiger partial charge in [-0.1, -0.05) is 13.8 Å². The highest BCUT2D eigenvalue weighted by Gasteiger charge is 2.23. The van der Waals surface area contributed by atoms with Gasteiger partial charge in [-0.05, 0) is 49.5 Å². The number of aryl methyl sites for hydroxylation is 1. The second-order valence-electron chi connectivity index (χ2n) is 8.12. The van der Waals surface area contributed by atoms with Gasteiger partial charge in [0.15, 0.2) is 0 Å². The summed E-state index contributed by atoms with van der Waals surface area (Å²) in [6, 6.07) is 0. The SMILES string of the molecule is C[C@H]1CCc2c(sc3nc(CSCC(=O)N4CCC[C@H](C)C4)[nH]c(=O)c23)C1. The van der Waals surface area contributed by atoms with Crippen molar-refractivity contribution in [3.05, 3.63) is 26.6 Å². The van der Waals surface area contributed by atoms with Crippen molar-refractivity contribution in [3.8, 4) is 0 Å². The van der Waals surface area contributed by atoms with Crippen molar-refractivity contribution in [2.24, 2.45) is 11.8 Å². The quantitative estimate of drug-likeness (QED) is 0.844. The number of rotatable bonds is 4. The number of hydrogen-bond donors (Lipinski definition) is 1. The number of piperidine rings is 1. The van der Waals surface area contributed by atoms with Crippen LogP contribution >= 0.6 is 23.1 Å². The van der Waals surface area contributed by atoms with Gasteiger partial charge in [0.05, 0.1) is 16.9 Å². The molecule has 27 heavy (non-hydrogen) atoms. The number of hydrogen-bond acceptors (Lipinski definition) is 5. The predicted molar refractivity (Wildman–Crippen MR) is 113 cm³/mol. The Labute approximate surface area is 167 Å². The number of carbonyl (C=O) groups excluding carboxylic acids is 1. The van der Waals surface area contributed by atoms with Crippen molar-refractivity contribution in [3.63, 3.8) is 0 Å². The van der Waals surface area contributed by atoms with Crippen LogP contribution in [0.4, 0.5) is 0 Å². The summed E-state index contributed by atoms with van der Waals surface area (Å²) in [5.41, 5.74) is 1.20. The molecule has 2 aromatic rings. The molecule has 3 heterocycles. The first-order valence-corrected chi connectivity index (χ1v) is 11.9. The monoisotopic (exact) mass is 405 g/mol. The molecule has 1 saturated heterocycles. The fourth-order valence-corrected chi connectivity index (χ4v) is 6.40. The van der Waals surface area contributed by atoms with Gasteiger partial charge in [-0.3, -0.25) is 9.59 Å². The number of carbonyl (C=O) groups is 1. The van der Waals surface area contributed by atoms with Crippen LogP contribution in [0.3, 0.4) is 0 Å². The van der Waals surface area contributed by atoms with E-state index in [2.05, 4.69) is 18.8 Å². The van der Waals surface area contributed by atoms with E-state index in [9.17, 15) is 9.59 Å².